The monoisotopic (exact) mass is 366 g/mol. The first-order chi connectivity index (χ1) is 12.9. The Labute approximate surface area is 153 Å². The largest absolute Gasteiger partial charge is 0.481 e. The number of aliphatic carboxylic acids is 1. The smallest absolute Gasteiger partial charge is 0.341 e. The lowest BCUT2D eigenvalue weighted by Crippen LogP contribution is -2.16. The number of anilines is 1. The molecule has 0 aliphatic rings. The molecule has 2 aromatic carbocycles. The van der Waals surface area contributed by atoms with Crippen LogP contribution in [0.15, 0.2) is 54.1 Å². The normalized spacial score (nSPS) is 10.6. The summed E-state index contributed by atoms with van der Waals surface area (Å²) in [6, 6.07) is 13.8. The van der Waals surface area contributed by atoms with E-state index in [0.717, 1.165) is 0 Å². The molecule has 136 valence electrons. The number of nitriles is 1. The average molecular weight is 366 g/mol. The van der Waals surface area contributed by atoms with Crippen LogP contribution in [0, 0.1) is 11.3 Å². The van der Waals surface area contributed by atoms with Gasteiger partial charge in [0.2, 0.25) is 0 Å². The molecule has 2 aromatic rings. The lowest BCUT2D eigenvalue weighted by Gasteiger charge is -2.09. The SMILES string of the molecule is N#C/C(=C/c1ccccc1OCC(=O)O)C(=O)Nc1ccccc1C(=O)O. The summed E-state index contributed by atoms with van der Waals surface area (Å²) in [5.74, 6) is -3.01. The molecule has 0 spiro atoms. The van der Waals surface area contributed by atoms with Gasteiger partial charge in [-0.05, 0) is 24.3 Å². The van der Waals surface area contributed by atoms with Crippen molar-refractivity contribution in [2.24, 2.45) is 0 Å². The Hall–Kier alpha value is -4.12. The van der Waals surface area contributed by atoms with Gasteiger partial charge in [0.05, 0.1) is 11.3 Å². The predicted molar refractivity (Wildman–Crippen MR) is 95.2 cm³/mol. The number of carboxylic acid groups (broad SMARTS) is 2. The van der Waals surface area contributed by atoms with Gasteiger partial charge in [0.1, 0.15) is 17.4 Å². The Balaban J connectivity index is 2.30. The summed E-state index contributed by atoms with van der Waals surface area (Å²) in [4.78, 5) is 34.2. The van der Waals surface area contributed by atoms with Gasteiger partial charge in [0.15, 0.2) is 6.61 Å². The number of nitrogens with one attached hydrogen (secondary N) is 1. The second-order valence-electron chi connectivity index (χ2n) is 5.19. The molecule has 8 heteroatoms. The van der Waals surface area contributed by atoms with Crippen molar-refractivity contribution < 1.29 is 29.3 Å². The van der Waals surface area contributed by atoms with Crippen LogP contribution in [0.3, 0.4) is 0 Å². The average Bonchev–Trinajstić information content (AvgIpc) is 2.65. The molecule has 0 aromatic heterocycles. The van der Waals surface area contributed by atoms with Crippen LogP contribution in [-0.4, -0.2) is 34.7 Å². The van der Waals surface area contributed by atoms with Gasteiger partial charge in [-0.3, -0.25) is 4.79 Å². The van der Waals surface area contributed by atoms with Crippen LogP contribution in [0.5, 0.6) is 5.75 Å². The van der Waals surface area contributed by atoms with Crippen molar-refractivity contribution >= 4 is 29.6 Å². The second-order valence-corrected chi connectivity index (χ2v) is 5.19. The van der Waals surface area contributed by atoms with Gasteiger partial charge in [-0.1, -0.05) is 30.3 Å². The first-order valence-electron chi connectivity index (χ1n) is 7.61. The number of nitrogens with zero attached hydrogens (tertiary/aromatic N) is 1. The van der Waals surface area contributed by atoms with Gasteiger partial charge in [-0.25, -0.2) is 9.59 Å². The van der Waals surface area contributed by atoms with Crippen molar-refractivity contribution in [3.63, 3.8) is 0 Å². The lowest BCUT2D eigenvalue weighted by atomic mass is 10.1. The molecular formula is C19H14N2O6. The second kappa shape index (κ2) is 8.82. The van der Waals surface area contributed by atoms with E-state index >= 15 is 0 Å². The van der Waals surface area contributed by atoms with Crippen LogP contribution in [0.25, 0.3) is 6.08 Å². The van der Waals surface area contributed by atoms with E-state index in [2.05, 4.69) is 5.32 Å². The molecule has 0 saturated carbocycles. The van der Waals surface area contributed by atoms with Crippen LogP contribution < -0.4 is 10.1 Å². The number of carbonyl (C=O) groups is 3. The molecule has 0 radical (unpaired) electrons. The Morgan fingerprint density at radius 2 is 1.74 bits per heavy atom. The zero-order valence-electron chi connectivity index (χ0n) is 13.9. The molecule has 1 amide bonds. The first-order valence-corrected chi connectivity index (χ1v) is 7.61. The number of hydrogen-bond acceptors (Lipinski definition) is 5. The third kappa shape index (κ3) is 5.17. The van der Waals surface area contributed by atoms with Gasteiger partial charge < -0.3 is 20.3 Å². The molecule has 0 aliphatic heterocycles. The van der Waals surface area contributed by atoms with E-state index in [1.807, 2.05) is 0 Å². The number of carbonyl (C=O) groups excluding carboxylic acids is 1. The number of amides is 1. The van der Waals surface area contributed by atoms with Gasteiger partial charge >= 0.3 is 11.9 Å². The summed E-state index contributed by atoms with van der Waals surface area (Å²) in [5, 5.41) is 29.5. The number of carboxylic acids is 2. The fourth-order valence-corrected chi connectivity index (χ4v) is 2.14. The van der Waals surface area contributed by atoms with Gasteiger partial charge in [0.25, 0.3) is 5.91 Å². The van der Waals surface area contributed by atoms with Crippen molar-refractivity contribution in [3.05, 3.63) is 65.2 Å². The van der Waals surface area contributed by atoms with Gasteiger partial charge in [0, 0.05) is 5.56 Å². The number of rotatable bonds is 7. The Bertz CT molecular complexity index is 959. The Morgan fingerprint density at radius 1 is 1.07 bits per heavy atom. The molecule has 0 fully saturated rings. The van der Waals surface area contributed by atoms with Crippen LogP contribution in [-0.2, 0) is 9.59 Å². The van der Waals surface area contributed by atoms with Crippen molar-refractivity contribution in [2.45, 2.75) is 0 Å². The molecule has 0 atom stereocenters. The number of ether oxygens (including phenoxy) is 1. The highest BCUT2D eigenvalue weighted by molar-refractivity contribution is 6.11. The molecule has 0 bridgehead atoms. The maximum absolute atomic E-state index is 12.4. The predicted octanol–water partition coefficient (Wildman–Crippen LogP) is 2.39. The maximum Gasteiger partial charge on any atom is 0.341 e. The number of benzene rings is 2. The van der Waals surface area contributed by atoms with E-state index < -0.39 is 24.5 Å². The molecule has 0 heterocycles. The standard InChI is InChI=1S/C19H14N2O6/c20-10-13(9-12-5-1-4-8-16(12)27-11-17(22)23)18(24)21-15-7-3-2-6-14(15)19(25)26/h1-9H,11H2,(H,21,24)(H,22,23)(H,25,26)/b13-9-. The minimum absolute atomic E-state index is 0.0477. The zero-order valence-corrected chi connectivity index (χ0v) is 13.9. The van der Waals surface area contributed by atoms with E-state index in [1.54, 1.807) is 30.3 Å². The zero-order chi connectivity index (χ0) is 19.8. The molecular weight excluding hydrogens is 352 g/mol. The molecule has 27 heavy (non-hydrogen) atoms. The molecule has 3 N–H and O–H groups in total. The molecule has 0 aliphatic carbocycles. The number of para-hydroxylation sites is 2. The van der Waals surface area contributed by atoms with E-state index in [9.17, 15) is 19.6 Å². The summed E-state index contributed by atoms with van der Waals surface area (Å²) in [6.45, 7) is -0.578. The maximum atomic E-state index is 12.4. The van der Waals surface area contributed by atoms with E-state index in [4.69, 9.17) is 14.9 Å². The third-order valence-corrected chi connectivity index (χ3v) is 3.34. The summed E-state index contributed by atoms with van der Waals surface area (Å²) in [7, 11) is 0. The van der Waals surface area contributed by atoms with Crippen molar-refractivity contribution in [1.29, 1.82) is 5.26 Å². The van der Waals surface area contributed by atoms with Crippen molar-refractivity contribution in [1.82, 2.24) is 0 Å². The molecule has 2 rings (SSSR count). The van der Waals surface area contributed by atoms with E-state index in [-0.39, 0.29) is 22.6 Å². The number of aromatic carboxylic acids is 1. The number of hydrogen-bond donors (Lipinski definition) is 3. The highest BCUT2D eigenvalue weighted by Crippen LogP contribution is 2.22. The molecule has 0 unspecified atom stereocenters. The van der Waals surface area contributed by atoms with Crippen LogP contribution >= 0.6 is 0 Å². The molecule has 8 nitrogen and oxygen atoms in total. The third-order valence-electron chi connectivity index (χ3n) is 3.34. The minimum Gasteiger partial charge on any atom is -0.481 e. The highest BCUT2D eigenvalue weighted by atomic mass is 16.5. The quantitative estimate of drug-likeness (QED) is 0.505. The van der Waals surface area contributed by atoms with Gasteiger partial charge in [-0.2, -0.15) is 5.26 Å². The fraction of sp³-hybridized carbons (Fsp3) is 0.0526. The lowest BCUT2D eigenvalue weighted by molar-refractivity contribution is -0.139. The van der Waals surface area contributed by atoms with Crippen LogP contribution in [0.1, 0.15) is 15.9 Å². The summed E-state index contributed by atoms with van der Waals surface area (Å²) < 4.78 is 5.13. The topological polar surface area (TPSA) is 137 Å². The van der Waals surface area contributed by atoms with Crippen molar-refractivity contribution in [3.8, 4) is 11.8 Å². The van der Waals surface area contributed by atoms with Crippen molar-refractivity contribution in [2.75, 3.05) is 11.9 Å². The summed E-state index contributed by atoms with van der Waals surface area (Å²) >= 11 is 0. The first kappa shape index (κ1) is 19.2. The van der Waals surface area contributed by atoms with E-state index in [1.165, 1.54) is 30.3 Å². The highest BCUT2D eigenvalue weighted by Gasteiger charge is 2.15. The Morgan fingerprint density at radius 3 is 2.41 bits per heavy atom. The fourth-order valence-electron chi connectivity index (χ4n) is 2.14. The summed E-state index contributed by atoms with van der Waals surface area (Å²) in [5.41, 5.74) is -0.0431. The van der Waals surface area contributed by atoms with Gasteiger partial charge in [-0.15, -0.1) is 0 Å². The Kier molecular flexibility index (Phi) is 6.28. The van der Waals surface area contributed by atoms with Crippen LogP contribution in [0.2, 0.25) is 0 Å². The molecule has 0 saturated heterocycles. The minimum atomic E-state index is -1.22. The summed E-state index contributed by atoms with van der Waals surface area (Å²) in [6.07, 6.45) is 1.23. The van der Waals surface area contributed by atoms with E-state index in [0.29, 0.717) is 5.56 Å². The van der Waals surface area contributed by atoms with Crippen LogP contribution in [0.4, 0.5) is 5.69 Å².